The van der Waals surface area contributed by atoms with Gasteiger partial charge in [0.25, 0.3) is 0 Å². The molecular formula is C22H17F3N4O3. The van der Waals surface area contributed by atoms with Gasteiger partial charge in [-0.1, -0.05) is 18.2 Å². The molecule has 1 amide bonds. The van der Waals surface area contributed by atoms with Crippen LogP contribution in [0.1, 0.15) is 28.3 Å². The summed E-state index contributed by atoms with van der Waals surface area (Å²) >= 11 is 0. The Morgan fingerprint density at radius 2 is 1.97 bits per heavy atom. The van der Waals surface area contributed by atoms with Crippen LogP contribution in [0.5, 0.6) is 5.88 Å². The van der Waals surface area contributed by atoms with Crippen molar-refractivity contribution >= 4 is 17.4 Å². The summed E-state index contributed by atoms with van der Waals surface area (Å²) in [5.41, 5.74) is 6.91. The number of furan rings is 1. The molecule has 10 heteroatoms. The fourth-order valence-corrected chi connectivity index (χ4v) is 4.29. The number of amides is 1. The Balaban J connectivity index is 1.64. The van der Waals surface area contributed by atoms with E-state index in [1.807, 2.05) is 0 Å². The molecule has 0 radical (unpaired) electrons. The third-order valence-electron chi connectivity index (χ3n) is 5.77. The number of benzene rings is 1. The van der Waals surface area contributed by atoms with Gasteiger partial charge in [-0.25, -0.2) is 4.98 Å². The topological polar surface area (TPSA) is 93.9 Å². The van der Waals surface area contributed by atoms with Crippen LogP contribution in [-0.4, -0.2) is 30.4 Å². The Labute approximate surface area is 180 Å². The number of pyridine rings is 1. The lowest BCUT2D eigenvalue weighted by Gasteiger charge is -2.31. The van der Waals surface area contributed by atoms with Gasteiger partial charge in [-0.05, 0) is 29.8 Å². The van der Waals surface area contributed by atoms with Crippen molar-refractivity contribution in [1.82, 2.24) is 4.98 Å². The molecule has 32 heavy (non-hydrogen) atoms. The van der Waals surface area contributed by atoms with Crippen molar-refractivity contribution in [2.45, 2.75) is 18.1 Å². The third kappa shape index (κ3) is 2.79. The first-order valence-electron chi connectivity index (χ1n) is 9.69. The lowest BCUT2D eigenvalue weighted by molar-refractivity contribution is -0.153. The number of amidine groups is 1. The fraction of sp³-hybridized carbons (Fsp3) is 0.227. The maximum Gasteiger partial charge on any atom is 0.449 e. The van der Waals surface area contributed by atoms with Crippen LogP contribution >= 0.6 is 0 Å². The molecule has 2 aromatic heterocycles. The molecule has 7 nitrogen and oxygen atoms in total. The van der Waals surface area contributed by atoms with E-state index in [9.17, 15) is 18.0 Å². The first-order valence-corrected chi connectivity index (χ1v) is 9.69. The highest BCUT2D eigenvalue weighted by atomic mass is 19.4. The number of carbonyl (C=O) groups excluding carboxylic acids is 1. The maximum atomic E-state index is 13.9. The quantitative estimate of drug-likeness (QED) is 0.672. The van der Waals surface area contributed by atoms with Gasteiger partial charge >= 0.3 is 6.18 Å². The number of methoxy groups -OCH3 is 1. The van der Waals surface area contributed by atoms with E-state index < -0.39 is 17.4 Å². The van der Waals surface area contributed by atoms with Crippen LogP contribution in [-0.2, 0) is 22.9 Å². The number of anilines is 1. The lowest BCUT2D eigenvalue weighted by Crippen LogP contribution is -2.47. The van der Waals surface area contributed by atoms with Crippen LogP contribution < -0.4 is 15.4 Å². The average molecular weight is 442 g/mol. The number of para-hydroxylation sites is 1. The summed E-state index contributed by atoms with van der Waals surface area (Å²) in [5, 5.41) is 0. The van der Waals surface area contributed by atoms with Crippen molar-refractivity contribution in [2.24, 2.45) is 10.7 Å². The molecule has 0 saturated heterocycles. The molecule has 1 aromatic carbocycles. The van der Waals surface area contributed by atoms with E-state index in [0.29, 0.717) is 28.4 Å². The number of rotatable bonds is 3. The molecule has 2 N–H and O–H groups in total. The fourth-order valence-electron chi connectivity index (χ4n) is 4.29. The van der Waals surface area contributed by atoms with Crippen LogP contribution in [0.4, 0.5) is 18.9 Å². The van der Waals surface area contributed by atoms with E-state index in [1.54, 1.807) is 36.4 Å². The van der Waals surface area contributed by atoms with Gasteiger partial charge in [-0.15, -0.1) is 0 Å². The number of nitrogens with zero attached hydrogens (tertiary/aromatic N) is 3. The molecule has 5 rings (SSSR count). The molecule has 0 saturated carbocycles. The molecule has 1 unspecified atom stereocenters. The van der Waals surface area contributed by atoms with Gasteiger partial charge in [-0.3, -0.25) is 9.79 Å². The zero-order chi connectivity index (χ0) is 22.7. The zero-order valence-corrected chi connectivity index (χ0v) is 16.8. The monoisotopic (exact) mass is 442 g/mol. The summed E-state index contributed by atoms with van der Waals surface area (Å²) in [7, 11) is 1.47. The van der Waals surface area contributed by atoms with E-state index in [1.165, 1.54) is 18.1 Å². The molecule has 1 atom stereocenters. The number of halogens is 3. The Hall–Kier alpha value is -3.82. The number of fused-ring (bicyclic) bond motifs is 4. The second kappa shape index (κ2) is 6.84. The Kier molecular flexibility index (Phi) is 4.30. The minimum atomic E-state index is -4.61. The number of nitrogens with two attached hydrogens (primary N) is 1. The summed E-state index contributed by atoms with van der Waals surface area (Å²) in [5.74, 6) is -0.918. The molecule has 3 aromatic rings. The number of ether oxygens (including phenoxy) is 1. The maximum absolute atomic E-state index is 13.9. The van der Waals surface area contributed by atoms with Gasteiger partial charge in [0.1, 0.15) is 17.0 Å². The molecule has 0 bridgehead atoms. The van der Waals surface area contributed by atoms with Crippen LogP contribution in [0.3, 0.4) is 0 Å². The number of hydrogen-bond donors (Lipinski definition) is 1. The van der Waals surface area contributed by atoms with E-state index in [0.717, 1.165) is 6.07 Å². The standard InChI is InChI=1S/C22H17F3N4O3/c1-31-17-9-7-13-18(28-17)21(11-27-19(13)26)14-4-2-3-5-15(14)29(20(21)30)10-12-6-8-16(32-12)22(23,24)25/h2-9H,10-11H2,1H3,(H2,26,27). The van der Waals surface area contributed by atoms with Crippen molar-refractivity contribution in [1.29, 1.82) is 0 Å². The van der Waals surface area contributed by atoms with Crippen LogP contribution in [0.2, 0.25) is 0 Å². The first kappa shape index (κ1) is 20.1. The molecule has 0 aliphatic carbocycles. The van der Waals surface area contributed by atoms with Crippen molar-refractivity contribution in [3.8, 4) is 5.88 Å². The number of carbonyl (C=O) groups is 1. The highest BCUT2D eigenvalue weighted by Gasteiger charge is 2.56. The van der Waals surface area contributed by atoms with Gasteiger partial charge in [-0.2, -0.15) is 13.2 Å². The molecular weight excluding hydrogens is 425 g/mol. The second-order valence-corrected chi connectivity index (χ2v) is 7.53. The van der Waals surface area contributed by atoms with Gasteiger partial charge in [0, 0.05) is 17.3 Å². The van der Waals surface area contributed by atoms with Gasteiger partial charge in [0.2, 0.25) is 17.5 Å². The van der Waals surface area contributed by atoms with Crippen molar-refractivity contribution in [2.75, 3.05) is 18.6 Å². The predicted molar refractivity (Wildman–Crippen MR) is 109 cm³/mol. The van der Waals surface area contributed by atoms with Crippen LogP contribution in [0, 0.1) is 0 Å². The Bertz CT molecular complexity index is 1270. The third-order valence-corrected chi connectivity index (χ3v) is 5.77. The highest BCUT2D eigenvalue weighted by Crippen LogP contribution is 2.49. The summed E-state index contributed by atoms with van der Waals surface area (Å²) in [6, 6.07) is 12.5. The molecule has 164 valence electrons. The van der Waals surface area contributed by atoms with Crippen molar-refractivity contribution in [3.05, 3.63) is 76.9 Å². The SMILES string of the molecule is COc1ccc2c(n1)C1(CN=C2N)C(=O)N(Cc2ccc(C(F)(F)F)o2)c2ccccc21. The minimum absolute atomic E-state index is 0.00942. The summed E-state index contributed by atoms with van der Waals surface area (Å²) in [4.78, 5) is 24.2. The number of hydrogen-bond acceptors (Lipinski definition) is 6. The number of aromatic nitrogens is 1. The Morgan fingerprint density at radius 3 is 2.69 bits per heavy atom. The summed E-state index contributed by atoms with van der Waals surface area (Å²) < 4.78 is 49.1. The summed E-state index contributed by atoms with van der Waals surface area (Å²) in [6.07, 6.45) is -4.61. The number of alkyl halides is 3. The van der Waals surface area contributed by atoms with E-state index in [4.69, 9.17) is 14.9 Å². The molecule has 0 fully saturated rings. The predicted octanol–water partition coefficient (Wildman–Crippen LogP) is 3.25. The van der Waals surface area contributed by atoms with E-state index >= 15 is 0 Å². The Morgan fingerprint density at radius 1 is 1.19 bits per heavy atom. The van der Waals surface area contributed by atoms with E-state index in [2.05, 4.69) is 9.98 Å². The lowest BCUT2D eigenvalue weighted by atomic mass is 9.75. The van der Waals surface area contributed by atoms with Gasteiger partial charge in [0.15, 0.2) is 0 Å². The molecule has 4 heterocycles. The number of aliphatic imine (C=N–C) groups is 1. The second-order valence-electron chi connectivity index (χ2n) is 7.53. The molecule has 2 aliphatic heterocycles. The summed E-state index contributed by atoms with van der Waals surface area (Å²) in [6.45, 7) is -0.156. The first-order chi connectivity index (χ1) is 15.3. The normalized spacial score (nSPS) is 19.7. The molecule has 2 aliphatic rings. The van der Waals surface area contributed by atoms with Crippen LogP contribution in [0.15, 0.2) is 57.9 Å². The van der Waals surface area contributed by atoms with Crippen molar-refractivity contribution in [3.63, 3.8) is 0 Å². The van der Waals surface area contributed by atoms with E-state index in [-0.39, 0.29) is 30.6 Å². The molecule has 1 spiro atoms. The van der Waals surface area contributed by atoms with Gasteiger partial charge < -0.3 is 19.8 Å². The highest BCUT2D eigenvalue weighted by molar-refractivity contribution is 6.13. The largest absolute Gasteiger partial charge is 0.481 e. The smallest absolute Gasteiger partial charge is 0.449 e. The zero-order valence-electron chi connectivity index (χ0n) is 16.8. The average Bonchev–Trinajstić information content (AvgIpc) is 3.34. The minimum Gasteiger partial charge on any atom is -0.481 e. The van der Waals surface area contributed by atoms with Crippen molar-refractivity contribution < 1.29 is 27.1 Å². The van der Waals surface area contributed by atoms with Crippen LogP contribution in [0.25, 0.3) is 0 Å². The van der Waals surface area contributed by atoms with Gasteiger partial charge in [0.05, 0.1) is 25.9 Å².